The molecule has 3 saturated carbocycles. The second-order valence-electron chi connectivity index (χ2n) is 11.7. The minimum Gasteiger partial charge on any atom is -0.438 e. The molecule has 0 amide bonds. The van der Waals surface area contributed by atoms with Crippen molar-refractivity contribution < 1.29 is 29.6 Å². The Hall–Kier alpha value is -1.89. The molecule has 6 heteroatoms. The first kappa shape index (κ1) is 29.7. The van der Waals surface area contributed by atoms with E-state index in [0.717, 1.165) is 36.8 Å². The van der Waals surface area contributed by atoms with Gasteiger partial charge in [-0.25, -0.2) is 4.79 Å². The fourth-order valence-corrected chi connectivity index (χ4v) is 7.28. The van der Waals surface area contributed by atoms with Gasteiger partial charge in [0.2, 0.25) is 0 Å². The molecule has 37 heavy (non-hydrogen) atoms. The summed E-state index contributed by atoms with van der Waals surface area (Å²) >= 11 is 0. The van der Waals surface area contributed by atoms with Crippen LogP contribution in [0.15, 0.2) is 47.6 Å². The Balaban J connectivity index is 1.75. The summed E-state index contributed by atoms with van der Waals surface area (Å²) in [5.74, 6) is 1.27. The molecule has 0 radical (unpaired) electrons. The molecule has 0 spiro atoms. The van der Waals surface area contributed by atoms with E-state index in [0.29, 0.717) is 37.5 Å². The lowest BCUT2D eigenvalue weighted by Gasteiger charge is -2.44. The number of hydrogen-bond acceptors (Lipinski definition) is 6. The van der Waals surface area contributed by atoms with E-state index in [2.05, 4.69) is 43.4 Å². The molecule has 0 bridgehead atoms. The maximum atomic E-state index is 11.8. The number of aliphatic hydroxyl groups excluding tert-OH is 3. The van der Waals surface area contributed by atoms with Crippen molar-refractivity contribution in [3.8, 4) is 0 Å². The standard InChI is InChI=1S/C31H48O6/c1-7-31(8-2,37-29(35)36-6)28(34)16-11-20(3)25-14-15-26-22(10-9-17-30(25,26)5)12-13-23-18-24(32)19-27(33)21(23)4/h11-13,16,20,24-28,32-34H,4,7-10,14-15,17-19H2,1-3,5-6H3/b16-11+,22-12+,23-13-/t20-,24?,25-,26+,27?,28-,30-/m1/s1. The molecular weight excluding hydrogens is 468 g/mol. The summed E-state index contributed by atoms with van der Waals surface area (Å²) in [6.07, 6.45) is 13.0. The first-order valence-corrected chi connectivity index (χ1v) is 14.1. The van der Waals surface area contributed by atoms with Gasteiger partial charge in [0.15, 0.2) is 0 Å². The van der Waals surface area contributed by atoms with Crippen molar-refractivity contribution in [1.29, 1.82) is 0 Å². The monoisotopic (exact) mass is 516 g/mol. The number of allylic oxidation sites excluding steroid dienone is 4. The van der Waals surface area contributed by atoms with Crippen molar-refractivity contribution in [1.82, 2.24) is 0 Å². The van der Waals surface area contributed by atoms with Gasteiger partial charge < -0.3 is 24.8 Å². The molecule has 3 rings (SSSR count). The molecule has 3 fully saturated rings. The zero-order valence-corrected chi connectivity index (χ0v) is 23.4. The molecule has 0 saturated heterocycles. The molecule has 208 valence electrons. The van der Waals surface area contributed by atoms with Crippen LogP contribution in [0.1, 0.15) is 85.5 Å². The highest BCUT2D eigenvalue weighted by molar-refractivity contribution is 5.60. The summed E-state index contributed by atoms with van der Waals surface area (Å²) in [5.41, 5.74) is 2.33. The zero-order chi connectivity index (χ0) is 27.4. The van der Waals surface area contributed by atoms with Crippen LogP contribution < -0.4 is 0 Å². The molecule has 7 atom stereocenters. The summed E-state index contributed by atoms with van der Waals surface area (Å²) in [6, 6.07) is 0. The molecule has 0 aromatic rings. The van der Waals surface area contributed by atoms with Gasteiger partial charge in [0.1, 0.15) is 11.7 Å². The third-order valence-corrected chi connectivity index (χ3v) is 9.72. The Kier molecular flexibility index (Phi) is 9.87. The number of carbonyl (C=O) groups is 1. The molecule has 3 aliphatic rings. The molecule has 0 aromatic carbocycles. The largest absolute Gasteiger partial charge is 0.508 e. The van der Waals surface area contributed by atoms with Gasteiger partial charge in [-0.15, -0.1) is 0 Å². The van der Waals surface area contributed by atoms with E-state index in [-0.39, 0.29) is 11.3 Å². The van der Waals surface area contributed by atoms with Gasteiger partial charge in [-0.1, -0.05) is 64.2 Å². The summed E-state index contributed by atoms with van der Waals surface area (Å²) in [5, 5.41) is 31.3. The van der Waals surface area contributed by atoms with Crippen LogP contribution in [-0.2, 0) is 9.47 Å². The molecule has 3 N–H and O–H groups in total. The number of rotatable bonds is 8. The number of carbonyl (C=O) groups excluding carboxylic acids is 1. The summed E-state index contributed by atoms with van der Waals surface area (Å²) in [6.45, 7) is 12.5. The van der Waals surface area contributed by atoms with Crippen LogP contribution in [-0.4, -0.2) is 52.5 Å². The van der Waals surface area contributed by atoms with Crippen LogP contribution in [0, 0.1) is 23.2 Å². The smallest absolute Gasteiger partial charge is 0.438 e. The van der Waals surface area contributed by atoms with Crippen molar-refractivity contribution in [2.75, 3.05) is 7.11 Å². The maximum absolute atomic E-state index is 11.8. The lowest BCUT2D eigenvalue weighted by Crippen LogP contribution is -2.44. The van der Waals surface area contributed by atoms with E-state index in [9.17, 15) is 20.1 Å². The van der Waals surface area contributed by atoms with Crippen LogP contribution in [0.5, 0.6) is 0 Å². The second-order valence-corrected chi connectivity index (χ2v) is 11.7. The van der Waals surface area contributed by atoms with Gasteiger partial charge in [0.05, 0.1) is 19.3 Å². The number of methoxy groups -OCH3 is 1. The lowest BCUT2D eigenvalue weighted by atomic mass is 9.61. The first-order chi connectivity index (χ1) is 17.5. The number of ether oxygens (including phenoxy) is 2. The number of hydrogen-bond donors (Lipinski definition) is 3. The van der Waals surface area contributed by atoms with E-state index in [1.54, 1.807) is 0 Å². The molecule has 0 aliphatic heterocycles. The van der Waals surface area contributed by atoms with Crippen LogP contribution in [0.25, 0.3) is 0 Å². The van der Waals surface area contributed by atoms with Gasteiger partial charge in [-0.2, -0.15) is 0 Å². The normalized spacial score (nSPS) is 34.5. The van der Waals surface area contributed by atoms with Gasteiger partial charge in [0, 0.05) is 6.42 Å². The fraction of sp³-hybridized carbons (Fsp3) is 0.710. The molecule has 6 nitrogen and oxygen atoms in total. The minimum atomic E-state index is -0.996. The molecular formula is C31H48O6. The predicted molar refractivity (Wildman–Crippen MR) is 146 cm³/mol. The highest BCUT2D eigenvalue weighted by Gasteiger charge is 2.50. The Morgan fingerprint density at radius 2 is 1.92 bits per heavy atom. The third-order valence-electron chi connectivity index (χ3n) is 9.72. The van der Waals surface area contributed by atoms with Gasteiger partial charge in [-0.3, -0.25) is 0 Å². The fourth-order valence-electron chi connectivity index (χ4n) is 7.28. The highest BCUT2D eigenvalue weighted by atomic mass is 16.7. The SMILES string of the molecule is C=C1/C(=C\C=C2/CCC[C@]3(C)[C@@H]([C@H](C)/C=C/[C@@H](O)C(CC)(CC)OC(=O)OC)CC[C@@H]23)CC(O)CC1O. The van der Waals surface area contributed by atoms with Crippen LogP contribution in [0.3, 0.4) is 0 Å². The van der Waals surface area contributed by atoms with Gasteiger partial charge in [0.25, 0.3) is 0 Å². The predicted octanol–water partition coefficient (Wildman–Crippen LogP) is 6.02. The van der Waals surface area contributed by atoms with Crippen LogP contribution >= 0.6 is 0 Å². The molecule has 0 aromatic heterocycles. The zero-order valence-electron chi connectivity index (χ0n) is 23.4. The first-order valence-electron chi connectivity index (χ1n) is 14.1. The highest BCUT2D eigenvalue weighted by Crippen LogP contribution is 2.59. The Morgan fingerprint density at radius 1 is 1.22 bits per heavy atom. The summed E-state index contributed by atoms with van der Waals surface area (Å²) in [7, 11) is 1.28. The van der Waals surface area contributed by atoms with E-state index >= 15 is 0 Å². The minimum absolute atomic E-state index is 0.176. The van der Waals surface area contributed by atoms with Crippen molar-refractivity contribution in [3.05, 3.63) is 47.6 Å². The third kappa shape index (κ3) is 6.23. The van der Waals surface area contributed by atoms with Crippen molar-refractivity contribution in [2.24, 2.45) is 23.2 Å². The van der Waals surface area contributed by atoms with Gasteiger partial charge in [-0.05, 0) is 85.7 Å². The Bertz CT molecular complexity index is 913. The summed E-state index contributed by atoms with van der Waals surface area (Å²) < 4.78 is 10.2. The Labute approximate surface area is 223 Å². The van der Waals surface area contributed by atoms with E-state index in [1.165, 1.54) is 19.1 Å². The van der Waals surface area contributed by atoms with Gasteiger partial charge >= 0.3 is 6.16 Å². The average Bonchev–Trinajstić information content (AvgIpc) is 3.24. The molecule has 0 heterocycles. The quantitative estimate of drug-likeness (QED) is 0.270. The summed E-state index contributed by atoms with van der Waals surface area (Å²) in [4.78, 5) is 11.8. The van der Waals surface area contributed by atoms with Crippen molar-refractivity contribution in [3.63, 3.8) is 0 Å². The van der Waals surface area contributed by atoms with Crippen LogP contribution in [0.2, 0.25) is 0 Å². The Morgan fingerprint density at radius 3 is 2.57 bits per heavy atom. The lowest BCUT2D eigenvalue weighted by molar-refractivity contribution is -0.0883. The topological polar surface area (TPSA) is 96.2 Å². The average molecular weight is 517 g/mol. The van der Waals surface area contributed by atoms with Crippen molar-refractivity contribution in [2.45, 2.75) is 109 Å². The van der Waals surface area contributed by atoms with E-state index in [1.807, 2.05) is 19.9 Å². The molecule has 3 aliphatic carbocycles. The van der Waals surface area contributed by atoms with E-state index < -0.39 is 30.1 Å². The number of fused-ring (bicyclic) bond motifs is 1. The van der Waals surface area contributed by atoms with E-state index in [4.69, 9.17) is 4.74 Å². The molecule has 2 unspecified atom stereocenters. The van der Waals surface area contributed by atoms with Crippen LogP contribution in [0.4, 0.5) is 4.79 Å². The maximum Gasteiger partial charge on any atom is 0.508 e. The second kappa shape index (κ2) is 12.3. The number of aliphatic hydroxyl groups is 3. The van der Waals surface area contributed by atoms with Crippen molar-refractivity contribution >= 4 is 6.16 Å².